The van der Waals surface area contributed by atoms with Gasteiger partial charge in [-0.1, -0.05) is 60.7 Å². The number of benzene rings is 2. The topological polar surface area (TPSA) is 49.0 Å². The first-order valence-electron chi connectivity index (χ1n) is 9.21. The summed E-state index contributed by atoms with van der Waals surface area (Å²) in [5, 5.41) is 0.995. The Labute approximate surface area is 164 Å². The summed E-state index contributed by atoms with van der Waals surface area (Å²) in [6.07, 6.45) is 5.59. The number of likely N-dealkylation sites (N-methyl/N-ethyl adjacent to an activating group) is 1. The van der Waals surface area contributed by atoms with Crippen LogP contribution in [0.5, 0.6) is 0 Å². The van der Waals surface area contributed by atoms with Gasteiger partial charge in [-0.15, -0.1) is 0 Å². The molecule has 4 rings (SSSR count). The van der Waals surface area contributed by atoms with E-state index in [4.69, 9.17) is 0 Å². The zero-order valence-corrected chi connectivity index (χ0v) is 15.7. The normalized spacial score (nSPS) is 11.5. The molecule has 0 spiro atoms. The number of carbonyl (C=O) groups is 1. The van der Waals surface area contributed by atoms with Gasteiger partial charge in [0.15, 0.2) is 0 Å². The minimum atomic E-state index is -0.0201. The first-order valence-corrected chi connectivity index (χ1v) is 9.21. The summed E-state index contributed by atoms with van der Waals surface area (Å²) in [4.78, 5) is 22.6. The summed E-state index contributed by atoms with van der Waals surface area (Å²) in [5.41, 5.74) is 4.41. The van der Waals surface area contributed by atoms with Crippen molar-refractivity contribution in [2.24, 2.45) is 0 Å². The molecule has 0 saturated carbocycles. The van der Waals surface area contributed by atoms with Crippen molar-refractivity contribution in [2.75, 3.05) is 7.05 Å². The van der Waals surface area contributed by atoms with Gasteiger partial charge in [0.05, 0.1) is 0 Å². The van der Waals surface area contributed by atoms with Crippen molar-refractivity contribution in [3.05, 3.63) is 102 Å². The molecular weight excluding hydrogens is 346 g/mol. The molecule has 2 aromatic heterocycles. The maximum atomic E-state index is 13.3. The van der Waals surface area contributed by atoms with Crippen LogP contribution in [0.4, 0.5) is 0 Å². The Morgan fingerprint density at radius 3 is 2.46 bits per heavy atom. The van der Waals surface area contributed by atoms with Crippen molar-refractivity contribution in [3.63, 3.8) is 0 Å². The third-order valence-electron chi connectivity index (χ3n) is 4.71. The Morgan fingerprint density at radius 1 is 1.00 bits per heavy atom. The minimum absolute atomic E-state index is 0.0201. The van der Waals surface area contributed by atoms with Crippen LogP contribution in [0.15, 0.2) is 85.2 Å². The van der Waals surface area contributed by atoms with E-state index in [2.05, 4.69) is 9.97 Å². The number of fused-ring (bicyclic) bond motifs is 1. The number of nitrogens with zero attached hydrogens (tertiary/aromatic N) is 2. The molecule has 0 aliphatic carbocycles. The van der Waals surface area contributed by atoms with Crippen LogP contribution in [0.1, 0.15) is 16.7 Å². The molecule has 4 heteroatoms. The minimum Gasteiger partial charge on any atom is -0.346 e. The molecule has 28 heavy (non-hydrogen) atoms. The van der Waals surface area contributed by atoms with Gasteiger partial charge in [-0.3, -0.25) is 4.79 Å². The van der Waals surface area contributed by atoms with E-state index in [1.807, 2.05) is 92.1 Å². The van der Waals surface area contributed by atoms with Crippen LogP contribution < -0.4 is 0 Å². The van der Waals surface area contributed by atoms with Gasteiger partial charge in [0.2, 0.25) is 0 Å². The second kappa shape index (κ2) is 7.92. The number of aromatic nitrogens is 2. The molecule has 0 bridgehead atoms. The summed E-state index contributed by atoms with van der Waals surface area (Å²) < 4.78 is 0. The number of rotatable bonds is 5. The highest BCUT2D eigenvalue weighted by atomic mass is 16.2. The van der Waals surface area contributed by atoms with Gasteiger partial charge in [0.1, 0.15) is 5.65 Å². The lowest BCUT2D eigenvalue weighted by Crippen LogP contribution is -2.27. The molecule has 4 aromatic rings. The Balaban J connectivity index is 1.73. The third-order valence-corrected chi connectivity index (χ3v) is 4.71. The summed E-state index contributed by atoms with van der Waals surface area (Å²) in [6.45, 7) is 0.555. The van der Waals surface area contributed by atoms with Gasteiger partial charge in [-0.05, 0) is 29.3 Å². The summed E-state index contributed by atoms with van der Waals surface area (Å²) in [6, 6.07) is 23.7. The predicted molar refractivity (Wildman–Crippen MR) is 113 cm³/mol. The molecule has 2 heterocycles. The van der Waals surface area contributed by atoms with Crippen molar-refractivity contribution in [3.8, 4) is 0 Å². The Morgan fingerprint density at radius 2 is 1.71 bits per heavy atom. The van der Waals surface area contributed by atoms with E-state index in [-0.39, 0.29) is 5.91 Å². The van der Waals surface area contributed by atoms with Crippen molar-refractivity contribution >= 4 is 28.6 Å². The maximum Gasteiger partial charge on any atom is 0.254 e. The number of pyridine rings is 1. The molecule has 4 nitrogen and oxygen atoms in total. The zero-order valence-electron chi connectivity index (χ0n) is 15.7. The fraction of sp³-hybridized carbons (Fsp3) is 0.0833. The number of hydrogen-bond acceptors (Lipinski definition) is 2. The fourth-order valence-electron chi connectivity index (χ4n) is 3.27. The maximum absolute atomic E-state index is 13.3. The molecule has 2 aromatic carbocycles. The lowest BCUT2D eigenvalue weighted by atomic mass is 10.0. The second-order valence-electron chi connectivity index (χ2n) is 6.71. The molecular formula is C24H21N3O. The van der Waals surface area contributed by atoms with Gasteiger partial charge in [-0.25, -0.2) is 4.98 Å². The van der Waals surface area contributed by atoms with Crippen LogP contribution in [-0.4, -0.2) is 27.8 Å². The molecule has 0 saturated heterocycles. The average Bonchev–Trinajstić information content (AvgIpc) is 3.16. The highest BCUT2D eigenvalue weighted by Crippen LogP contribution is 2.25. The van der Waals surface area contributed by atoms with Crippen LogP contribution >= 0.6 is 0 Å². The molecule has 0 aliphatic rings. The molecule has 1 amide bonds. The van der Waals surface area contributed by atoms with Crippen molar-refractivity contribution in [1.29, 1.82) is 0 Å². The molecule has 0 unspecified atom stereocenters. The smallest absolute Gasteiger partial charge is 0.254 e. The van der Waals surface area contributed by atoms with E-state index in [0.717, 1.165) is 27.7 Å². The Kier molecular flexibility index (Phi) is 5.02. The Bertz CT molecular complexity index is 1110. The monoisotopic (exact) mass is 367 g/mol. The van der Waals surface area contributed by atoms with Crippen molar-refractivity contribution < 1.29 is 4.79 Å². The third kappa shape index (κ3) is 3.71. The molecule has 0 fully saturated rings. The molecule has 0 radical (unpaired) electrons. The molecule has 0 atom stereocenters. The summed E-state index contributed by atoms with van der Waals surface area (Å²) >= 11 is 0. The van der Waals surface area contributed by atoms with Crippen LogP contribution in [-0.2, 0) is 11.3 Å². The second-order valence-corrected chi connectivity index (χ2v) is 6.71. The fourth-order valence-corrected chi connectivity index (χ4v) is 3.27. The number of H-pyrrole nitrogens is 1. The van der Waals surface area contributed by atoms with E-state index in [0.29, 0.717) is 12.1 Å². The first kappa shape index (κ1) is 17.7. The van der Waals surface area contributed by atoms with E-state index in [1.54, 1.807) is 11.1 Å². The summed E-state index contributed by atoms with van der Waals surface area (Å²) in [7, 11) is 1.84. The van der Waals surface area contributed by atoms with Gasteiger partial charge in [0.25, 0.3) is 5.91 Å². The van der Waals surface area contributed by atoms with Crippen LogP contribution in [0.2, 0.25) is 0 Å². The van der Waals surface area contributed by atoms with E-state index < -0.39 is 0 Å². The quantitative estimate of drug-likeness (QED) is 0.517. The number of hydrogen-bond donors (Lipinski definition) is 1. The zero-order chi connectivity index (χ0) is 19.3. The summed E-state index contributed by atoms with van der Waals surface area (Å²) in [5.74, 6) is -0.0201. The largest absolute Gasteiger partial charge is 0.346 e. The van der Waals surface area contributed by atoms with Crippen LogP contribution in [0, 0.1) is 0 Å². The predicted octanol–water partition coefficient (Wildman–Crippen LogP) is 4.76. The highest BCUT2D eigenvalue weighted by molar-refractivity contribution is 6.24. The van der Waals surface area contributed by atoms with Crippen molar-refractivity contribution in [2.45, 2.75) is 6.54 Å². The van der Waals surface area contributed by atoms with Gasteiger partial charge < -0.3 is 9.88 Å². The van der Waals surface area contributed by atoms with Crippen LogP contribution in [0.25, 0.3) is 22.7 Å². The Hall–Kier alpha value is -3.66. The van der Waals surface area contributed by atoms with E-state index in [1.165, 1.54) is 0 Å². The average molecular weight is 367 g/mol. The van der Waals surface area contributed by atoms with Gasteiger partial charge in [0, 0.05) is 42.5 Å². The standard InChI is InChI=1S/C24H21N3O/c1-27(17-18-9-4-2-5-10-18)24(28)22(19-11-6-3-7-12-19)15-20-16-26-23-21(20)13-8-14-25-23/h2-16H,17H2,1H3,(H,25,26)/b22-15+. The van der Waals surface area contributed by atoms with Gasteiger partial charge in [-0.2, -0.15) is 0 Å². The molecule has 1 N–H and O–H groups in total. The van der Waals surface area contributed by atoms with Gasteiger partial charge >= 0.3 is 0 Å². The first-order chi connectivity index (χ1) is 13.7. The van der Waals surface area contributed by atoms with E-state index in [9.17, 15) is 4.79 Å². The SMILES string of the molecule is CN(Cc1ccccc1)C(=O)/C(=C/c1c[nH]c2ncccc12)c1ccccc1. The van der Waals surface area contributed by atoms with Crippen LogP contribution in [0.3, 0.4) is 0 Å². The number of amides is 1. The van der Waals surface area contributed by atoms with E-state index >= 15 is 0 Å². The number of nitrogens with one attached hydrogen (secondary N) is 1. The number of aromatic amines is 1. The van der Waals surface area contributed by atoms with Crippen molar-refractivity contribution in [1.82, 2.24) is 14.9 Å². The number of carbonyl (C=O) groups excluding carboxylic acids is 1. The lowest BCUT2D eigenvalue weighted by molar-refractivity contribution is -0.124. The lowest BCUT2D eigenvalue weighted by Gasteiger charge is -2.19. The molecule has 0 aliphatic heterocycles. The molecule has 138 valence electrons. The highest BCUT2D eigenvalue weighted by Gasteiger charge is 2.18.